The zero-order valence-corrected chi connectivity index (χ0v) is 30.7. The van der Waals surface area contributed by atoms with Gasteiger partial charge in [-0.3, -0.25) is 0 Å². The normalized spacial score (nSPS) is 12.5. The van der Waals surface area contributed by atoms with Crippen LogP contribution in [0.5, 0.6) is 0 Å². The minimum absolute atomic E-state index is 0.307. The van der Waals surface area contributed by atoms with E-state index in [1.54, 1.807) is 0 Å². The molecule has 0 unspecified atom stereocenters. The fourth-order valence-electron chi connectivity index (χ4n) is 7.04. The van der Waals surface area contributed by atoms with E-state index in [1.807, 2.05) is 0 Å². The van der Waals surface area contributed by atoms with Crippen LogP contribution in [-0.2, 0) is 0 Å². The molecule has 2 heteroatoms. The molecule has 0 nitrogen and oxygen atoms in total. The first-order valence-electron chi connectivity index (χ1n) is 17.2. The molecule has 0 bridgehead atoms. The van der Waals surface area contributed by atoms with Crippen molar-refractivity contribution in [3.63, 3.8) is 0 Å². The van der Waals surface area contributed by atoms with Crippen molar-refractivity contribution >= 4 is 21.6 Å². The van der Waals surface area contributed by atoms with Crippen molar-refractivity contribution in [1.82, 2.24) is 0 Å². The highest BCUT2D eigenvalue weighted by Crippen LogP contribution is 2.55. The summed E-state index contributed by atoms with van der Waals surface area (Å²) in [5, 5.41) is 0.615. The van der Waals surface area contributed by atoms with Crippen molar-refractivity contribution in [1.29, 1.82) is 0 Å². The number of hydrogen-bond donors (Lipinski definition) is 0. The molecule has 0 radical (unpaired) electrons. The van der Waals surface area contributed by atoms with Crippen molar-refractivity contribution in [2.75, 3.05) is 0 Å². The lowest BCUT2D eigenvalue weighted by molar-refractivity contribution is 0.896. The first-order valence-corrected chi connectivity index (χ1v) is 19.5. The Morgan fingerprint density at radius 2 is 0.562 bits per heavy atom. The Morgan fingerprint density at radius 1 is 0.333 bits per heavy atom. The summed E-state index contributed by atoms with van der Waals surface area (Å²) in [6, 6.07) is 49.3. The van der Waals surface area contributed by atoms with E-state index >= 15 is 0 Å². The zero-order chi connectivity index (χ0) is 33.6. The second-order valence-electron chi connectivity index (χ2n) is 12.8. The highest BCUT2D eigenvalue weighted by molar-refractivity contribution is 8.76. The van der Waals surface area contributed by atoms with Gasteiger partial charge in [-0.25, -0.2) is 0 Å². The summed E-state index contributed by atoms with van der Waals surface area (Å²) < 4.78 is 0. The standard InChI is InChI=1S/C46H46S2/c1-7-43(45-39(35-23-13-9-19-31(35)3)27-17-28-40(45)36-24-14-10-20-32(36)4)47-48-44(8-2)46-41(37-25-15-11-21-33(37)5)29-18-30-42(46)38-26-16-12-22-34(38)6/h9-30,43-44H,7-8H2,1-6H3/t43-,44-/m1/s1. The molecule has 2 atom stereocenters. The van der Waals surface area contributed by atoms with Gasteiger partial charge in [-0.15, -0.1) is 0 Å². The molecule has 0 spiro atoms. The molecule has 0 N–H and O–H groups in total. The van der Waals surface area contributed by atoms with E-state index in [2.05, 4.69) is 197 Å². The molecule has 0 saturated carbocycles. The predicted octanol–water partition coefficient (Wildman–Crippen LogP) is 14.6. The molecule has 0 saturated heterocycles. The molecular formula is C46H46S2. The van der Waals surface area contributed by atoms with Gasteiger partial charge in [-0.05, 0) is 118 Å². The molecular weight excluding hydrogens is 617 g/mol. The van der Waals surface area contributed by atoms with Gasteiger partial charge >= 0.3 is 0 Å². The molecule has 48 heavy (non-hydrogen) atoms. The summed E-state index contributed by atoms with van der Waals surface area (Å²) in [6.07, 6.45) is 2.08. The largest absolute Gasteiger partial charge is 0.0852 e. The number of rotatable bonds is 11. The average molecular weight is 663 g/mol. The smallest absolute Gasteiger partial charge is 0.0410 e. The van der Waals surface area contributed by atoms with Crippen molar-refractivity contribution in [2.45, 2.75) is 64.9 Å². The van der Waals surface area contributed by atoms with Gasteiger partial charge in [0.1, 0.15) is 0 Å². The van der Waals surface area contributed by atoms with E-state index in [9.17, 15) is 0 Å². The average Bonchev–Trinajstić information content (AvgIpc) is 3.11. The third kappa shape index (κ3) is 6.93. The van der Waals surface area contributed by atoms with E-state index in [-0.39, 0.29) is 0 Å². The molecule has 242 valence electrons. The first kappa shape index (κ1) is 33.9. The molecule has 0 amide bonds. The summed E-state index contributed by atoms with van der Waals surface area (Å²) in [6.45, 7) is 13.7. The Kier molecular flexibility index (Phi) is 10.9. The maximum Gasteiger partial charge on any atom is 0.0410 e. The van der Waals surface area contributed by atoms with Crippen molar-refractivity contribution in [3.8, 4) is 44.5 Å². The molecule has 0 heterocycles. The topological polar surface area (TPSA) is 0 Å². The summed E-state index contributed by atoms with van der Waals surface area (Å²) in [5.41, 5.74) is 18.8. The number of hydrogen-bond acceptors (Lipinski definition) is 2. The van der Waals surface area contributed by atoms with E-state index in [0.717, 1.165) is 12.8 Å². The SMILES string of the molecule is CC[C@@H](SS[C@H](CC)c1c(-c2ccccc2C)cccc1-c1ccccc1C)c1c(-c2ccccc2C)cccc1-c1ccccc1C. The van der Waals surface area contributed by atoms with E-state index in [0.29, 0.717) is 10.5 Å². The minimum Gasteiger partial charge on any atom is -0.0852 e. The second-order valence-corrected chi connectivity index (χ2v) is 15.5. The van der Waals surface area contributed by atoms with Crippen LogP contribution in [0.25, 0.3) is 44.5 Å². The second kappa shape index (κ2) is 15.5. The summed E-state index contributed by atoms with van der Waals surface area (Å²) >= 11 is 0. The van der Waals surface area contributed by atoms with Gasteiger partial charge in [0.15, 0.2) is 0 Å². The lowest BCUT2D eigenvalue weighted by Crippen LogP contribution is -2.03. The number of benzene rings is 6. The van der Waals surface area contributed by atoms with Crippen molar-refractivity contribution in [3.05, 3.63) is 167 Å². The summed E-state index contributed by atoms with van der Waals surface area (Å²) in [5.74, 6) is 0. The van der Waals surface area contributed by atoms with Gasteiger partial charge in [-0.2, -0.15) is 0 Å². The van der Waals surface area contributed by atoms with Crippen LogP contribution in [-0.4, -0.2) is 0 Å². The molecule has 6 rings (SSSR count). The Bertz CT molecular complexity index is 1750. The van der Waals surface area contributed by atoms with Crippen LogP contribution in [0.2, 0.25) is 0 Å². The van der Waals surface area contributed by atoms with Crippen LogP contribution in [0.1, 0.15) is 70.6 Å². The molecule has 0 aliphatic rings. The van der Waals surface area contributed by atoms with Gasteiger partial charge in [0.25, 0.3) is 0 Å². The van der Waals surface area contributed by atoms with Crippen LogP contribution in [0.4, 0.5) is 0 Å². The minimum atomic E-state index is 0.307. The highest BCUT2D eigenvalue weighted by atomic mass is 33.1. The van der Waals surface area contributed by atoms with Crippen LogP contribution < -0.4 is 0 Å². The molecule has 6 aromatic carbocycles. The third-order valence-corrected chi connectivity index (χ3v) is 13.1. The predicted molar refractivity (Wildman–Crippen MR) is 215 cm³/mol. The van der Waals surface area contributed by atoms with E-state index in [1.165, 1.54) is 77.9 Å². The Balaban J connectivity index is 1.48. The fourth-order valence-corrected chi connectivity index (χ4v) is 10.5. The lowest BCUT2D eigenvalue weighted by Gasteiger charge is -2.27. The van der Waals surface area contributed by atoms with Crippen molar-refractivity contribution < 1.29 is 0 Å². The quantitative estimate of drug-likeness (QED) is 0.127. The molecule has 6 aromatic rings. The van der Waals surface area contributed by atoms with Crippen molar-refractivity contribution in [2.24, 2.45) is 0 Å². The Hall–Kier alpha value is -3.98. The van der Waals surface area contributed by atoms with E-state index < -0.39 is 0 Å². The van der Waals surface area contributed by atoms with Gasteiger partial charge in [0.2, 0.25) is 0 Å². The molecule has 0 fully saturated rings. The zero-order valence-electron chi connectivity index (χ0n) is 29.1. The molecule has 0 aromatic heterocycles. The summed E-state index contributed by atoms with van der Waals surface area (Å²) in [4.78, 5) is 0. The maximum atomic E-state index is 2.36. The van der Waals surface area contributed by atoms with Crippen LogP contribution in [0.15, 0.2) is 133 Å². The van der Waals surface area contributed by atoms with Crippen LogP contribution in [0.3, 0.4) is 0 Å². The Morgan fingerprint density at radius 3 is 0.792 bits per heavy atom. The highest BCUT2D eigenvalue weighted by Gasteiger charge is 2.26. The Labute approximate surface area is 296 Å². The maximum absolute atomic E-state index is 2.36. The monoisotopic (exact) mass is 662 g/mol. The van der Waals surface area contributed by atoms with E-state index in [4.69, 9.17) is 0 Å². The number of aryl methyl sites for hydroxylation is 4. The van der Waals surface area contributed by atoms with Gasteiger partial charge < -0.3 is 0 Å². The molecule has 0 aliphatic heterocycles. The third-order valence-electron chi connectivity index (χ3n) is 9.63. The van der Waals surface area contributed by atoms with Gasteiger partial charge in [0, 0.05) is 10.5 Å². The van der Waals surface area contributed by atoms with Gasteiger partial charge in [0.05, 0.1) is 0 Å². The van der Waals surface area contributed by atoms with Crippen LogP contribution >= 0.6 is 21.6 Å². The fraction of sp³-hybridized carbons (Fsp3) is 0.217. The first-order chi connectivity index (χ1) is 23.4. The summed E-state index contributed by atoms with van der Waals surface area (Å²) in [7, 11) is 4.13. The molecule has 0 aliphatic carbocycles. The van der Waals surface area contributed by atoms with Crippen LogP contribution in [0, 0.1) is 27.7 Å². The lowest BCUT2D eigenvalue weighted by atomic mass is 9.86. The van der Waals surface area contributed by atoms with Gasteiger partial charge in [-0.1, -0.05) is 169 Å².